The van der Waals surface area contributed by atoms with E-state index in [0.29, 0.717) is 0 Å². The number of para-hydroxylation sites is 2. The number of anilines is 1. The summed E-state index contributed by atoms with van der Waals surface area (Å²) in [6.45, 7) is -0.0290. The summed E-state index contributed by atoms with van der Waals surface area (Å²) >= 11 is 0. The van der Waals surface area contributed by atoms with Gasteiger partial charge in [-0.25, -0.2) is 4.79 Å². The van der Waals surface area contributed by atoms with Crippen molar-refractivity contribution in [1.82, 2.24) is 5.32 Å². The maximum Gasteiger partial charge on any atom is 0.573 e. The number of alkyl halides is 3. The van der Waals surface area contributed by atoms with Gasteiger partial charge in [-0.15, -0.1) is 13.2 Å². The van der Waals surface area contributed by atoms with Crippen LogP contribution < -0.4 is 15.4 Å². The minimum absolute atomic E-state index is 0.0209. The minimum atomic E-state index is -4.83. The molecule has 0 radical (unpaired) electrons. The van der Waals surface area contributed by atoms with Crippen LogP contribution in [0.15, 0.2) is 24.3 Å². The third-order valence-corrected chi connectivity index (χ3v) is 3.57. The Balaban J connectivity index is 1.99. The first-order chi connectivity index (χ1) is 10.4. The van der Waals surface area contributed by atoms with E-state index in [2.05, 4.69) is 15.4 Å². The van der Waals surface area contributed by atoms with E-state index in [1.165, 1.54) is 18.2 Å². The van der Waals surface area contributed by atoms with Crippen LogP contribution in [0.4, 0.5) is 23.7 Å². The van der Waals surface area contributed by atoms with Gasteiger partial charge in [0.2, 0.25) is 0 Å². The van der Waals surface area contributed by atoms with E-state index in [9.17, 15) is 23.1 Å². The Hall–Kier alpha value is -1.96. The molecule has 1 aliphatic rings. The molecule has 1 aromatic carbocycles. The van der Waals surface area contributed by atoms with Gasteiger partial charge in [0.1, 0.15) is 0 Å². The molecule has 0 aliphatic heterocycles. The number of carbonyl (C=O) groups excluding carboxylic acids is 1. The molecule has 0 aromatic heterocycles. The van der Waals surface area contributed by atoms with Crippen molar-refractivity contribution >= 4 is 11.7 Å². The lowest BCUT2D eigenvalue weighted by Crippen LogP contribution is -2.41. The standard InChI is InChI=1S/C14H17F3N2O3/c15-14(16,17)22-12-7-2-1-5-11(12)19-13(21)18-10-6-3-4-9(10)8-20/h1-2,5,7,9-10,20H,3-4,6,8H2,(H2,18,19,21). The lowest BCUT2D eigenvalue weighted by Gasteiger charge is -2.20. The van der Waals surface area contributed by atoms with Crippen LogP contribution in [0.25, 0.3) is 0 Å². The van der Waals surface area contributed by atoms with Crippen molar-refractivity contribution in [3.8, 4) is 5.75 Å². The predicted molar refractivity (Wildman–Crippen MR) is 73.5 cm³/mol. The zero-order valence-electron chi connectivity index (χ0n) is 11.7. The smallest absolute Gasteiger partial charge is 0.404 e. The molecule has 2 rings (SSSR count). The zero-order chi connectivity index (χ0) is 16.2. The Bertz CT molecular complexity index is 522. The predicted octanol–water partition coefficient (Wildman–Crippen LogP) is 2.87. The van der Waals surface area contributed by atoms with Gasteiger partial charge in [-0.3, -0.25) is 0 Å². The highest BCUT2D eigenvalue weighted by atomic mass is 19.4. The molecule has 0 heterocycles. The van der Waals surface area contributed by atoms with Gasteiger partial charge in [0.25, 0.3) is 0 Å². The van der Waals surface area contributed by atoms with Crippen LogP contribution in [-0.2, 0) is 0 Å². The number of carbonyl (C=O) groups is 1. The quantitative estimate of drug-likeness (QED) is 0.799. The molecule has 122 valence electrons. The van der Waals surface area contributed by atoms with Crippen molar-refractivity contribution in [3.05, 3.63) is 24.3 Å². The fraction of sp³-hybridized carbons (Fsp3) is 0.500. The van der Waals surface area contributed by atoms with E-state index in [4.69, 9.17) is 0 Å². The van der Waals surface area contributed by atoms with Crippen molar-refractivity contribution in [3.63, 3.8) is 0 Å². The van der Waals surface area contributed by atoms with E-state index in [1.807, 2.05) is 0 Å². The molecule has 1 aliphatic carbocycles. The fourth-order valence-electron chi connectivity index (χ4n) is 2.56. The molecule has 1 saturated carbocycles. The largest absolute Gasteiger partial charge is 0.573 e. The molecule has 0 saturated heterocycles. The van der Waals surface area contributed by atoms with Crippen molar-refractivity contribution in [2.45, 2.75) is 31.7 Å². The number of halogens is 3. The summed E-state index contributed by atoms with van der Waals surface area (Å²) in [7, 11) is 0. The number of rotatable bonds is 4. The Morgan fingerprint density at radius 2 is 2.05 bits per heavy atom. The van der Waals surface area contributed by atoms with Crippen LogP contribution >= 0.6 is 0 Å². The van der Waals surface area contributed by atoms with E-state index >= 15 is 0 Å². The lowest BCUT2D eigenvalue weighted by atomic mass is 10.1. The summed E-state index contributed by atoms with van der Waals surface area (Å²) in [6.07, 6.45) is -2.39. The van der Waals surface area contributed by atoms with Crippen molar-refractivity contribution in [2.75, 3.05) is 11.9 Å². The second-order valence-corrected chi connectivity index (χ2v) is 5.12. The molecule has 22 heavy (non-hydrogen) atoms. The number of amides is 2. The van der Waals surface area contributed by atoms with Gasteiger partial charge in [0.05, 0.1) is 5.69 Å². The number of aliphatic hydroxyl groups excluding tert-OH is 1. The van der Waals surface area contributed by atoms with Gasteiger partial charge in [0, 0.05) is 18.6 Å². The molecular weight excluding hydrogens is 301 g/mol. The Kier molecular flexibility index (Phi) is 5.12. The topological polar surface area (TPSA) is 70.6 Å². The molecule has 3 N–H and O–H groups in total. The maximum absolute atomic E-state index is 12.3. The first kappa shape index (κ1) is 16.4. The van der Waals surface area contributed by atoms with Gasteiger partial charge < -0.3 is 20.5 Å². The van der Waals surface area contributed by atoms with Crippen molar-refractivity contribution < 1.29 is 27.8 Å². The molecule has 0 bridgehead atoms. The molecule has 0 spiro atoms. The van der Waals surface area contributed by atoms with E-state index in [1.54, 1.807) is 0 Å². The Morgan fingerprint density at radius 1 is 1.32 bits per heavy atom. The van der Waals surface area contributed by atoms with Crippen LogP contribution in [0.2, 0.25) is 0 Å². The molecule has 8 heteroatoms. The summed E-state index contributed by atoms with van der Waals surface area (Å²) in [5.74, 6) is -0.498. The van der Waals surface area contributed by atoms with E-state index < -0.39 is 18.1 Å². The summed E-state index contributed by atoms with van der Waals surface area (Å²) in [5.41, 5.74) is -0.0733. The molecule has 5 nitrogen and oxygen atoms in total. The van der Waals surface area contributed by atoms with Crippen LogP contribution in [0.1, 0.15) is 19.3 Å². The summed E-state index contributed by atoms with van der Waals surface area (Å²) in [6, 6.07) is 4.51. The molecule has 2 amide bonds. The average Bonchev–Trinajstić information content (AvgIpc) is 2.86. The number of nitrogens with one attached hydrogen (secondary N) is 2. The number of hydrogen-bond donors (Lipinski definition) is 3. The van der Waals surface area contributed by atoms with Crippen LogP contribution in [-0.4, -0.2) is 30.1 Å². The third kappa shape index (κ3) is 4.52. The van der Waals surface area contributed by atoms with Crippen LogP contribution in [0.5, 0.6) is 5.75 Å². The molecule has 2 unspecified atom stereocenters. The zero-order valence-corrected chi connectivity index (χ0v) is 11.7. The van der Waals surface area contributed by atoms with Gasteiger partial charge in [-0.1, -0.05) is 18.6 Å². The Morgan fingerprint density at radius 3 is 2.73 bits per heavy atom. The van der Waals surface area contributed by atoms with Crippen molar-refractivity contribution in [2.24, 2.45) is 5.92 Å². The summed E-state index contributed by atoms with van der Waals surface area (Å²) in [4.78, 5) is 11.9. The van der Waals surface area contributed by atoms with E-state index in [0.717, 1.165) is 25.3 Å². The highest BCUT2D eigenvalue weighted by Gasteiger charge is 2.32. The first-order valence-electron chi connectivity index (χ1n) is 6.92. The molecule has 1 aromatic rings. The van der Waals surface area contributed by atoms with Gasteiger partial charge >= 0.3 is 12.4 Å². The van der Waals surface area contributed by atoms with Crippen molar-refractivity contribution in [1.29, 1.82) is 0 Å². The monoisotopic (exact) mass is 318 g/mol. The summed E-state index contributed by atoms with van der Waals surface area (Å²) in [5, 5.41) is 14.2. The minimum Gasteiger partial charge on any atom is -0.404 e. The summed E-state index contributed by atoms with van der Waals surface area (Å²) < 4.78 is 40.8. The number of aliphatic hydroxyl groups is 1. The number of ether oxygens (including phenoxy) is 1. The molecular formula is C14H17F3N2O3. The maximum atomic E-state index is 12.3. The van der Waals surface area contributed by atoms with Crippen LogP contribution in [0, 0.1) is 5.92 Å². The highest BCUT2D eigenvalue weighted by molar-refractivity contribution is 5.91. The third-order valence-electron chi connectivity index (χ3n) is 3.57. The molecule has 1 fully saturated rings. The number of urea groups is 1. The van der Waals surface area contributed by atoms with E-state index in [-0.39, 0.29) is 24.3 Å². The highest BCUT2D eigenvalue weighted by Crippen LogP contribution is 2.30. The average molecular weight is 318 g/mol. The number of benzene rings is 1. The lowest BCUT2D eigenvalue weighted by molar-refractivity contribution is -0.274. The van der Waals surface area contributed by atoms with Crippen LogP contribution in [0.3, 0.4) is 0 Å². The SMILES string of the molecule is O=C(Nc1ccccc1OC(F)(F)F)NC1CCCC1CO. The Labute approximate surface area is 125 Å². The second kappa shape index (κ2) is 6.87. The fourth-order valence-corrected chi connectivity index (χ4v) is 2.56. The number of hydrogen-bond acceptors (Lipinski definition) is 3. The normalized spacial score (nSPS) is 21.5. The van der Waals surface area contributed by atoms with Gasteiger partial charge in [-0.05, 0) is 25.0 Å². The van der Waals surface area contributed by atoms with Gasteiger partial charge in [-0.2, -0.15) is 0 Å². The second-order valence-electron chi connectivity index (χ2n) is 5.12. The van der Waals surface area contributed by atoms with Gasteiger partial charge in [0.15, 0.2) is 5.75 Å². The molecule has 2 atom stereocenters. The first-order valence-corrected chi connectivity index (χ1v) is 6.92.